The lowest BCUT2D eigenvalue weighted by molar-refractivity contribution is 0.0867. The molecule has 2 unspecified atom stereocenters. The number of hydrogen-bond donors (Lipinski definition) is 0. The van der Waals surface area contributed by atoms with E-state index in [2.05, 4.69) is 24.8 Å². The van der Waals surface area contributed by atoms with Gasteiger partial charge in [0, 0.05) is 56.4 Å². The smallest absolute Gasteiger partial charge is 0.225 e. The number of aromatic nitrogens is 3. The van der Waals surface area contributed by atoms with Crippen molar-refractivity contribution in [1.82, 2.24) is 19.9 Å². The summed E-state index contributed by atoms with van der Waals surface area (Å²) in [6.45, 7) is 5.95. The molecule has 2 aliphatic rings. The van der Waals surface area contributed by atoms with Crippen LogP contribution in [0.2, 0.25) is 0 Å². The quantitative estimate of drug-likeness (QED) is 0.859. The molecule has 6 heteroatoms. The number of halogens is 1. The van der Waals surface area contributed by atoms with Crippen molar-refractivity contribution >= 4 is 5.95 Å². The van der Waals surface area contributed by atoms with Gasteiger partial charge in [0.1, 0.15) is 6.17 Å². The van der Waals surface area contributed by atoms with Crippen LogP contribution < -0.4 is 4.90 Å². The molecule has 2 aromatic heterocycles. The molecule has 2 saturated heterocycles. The molecule has 5 nitrogen and oxygen atoms in total. The van der Waals surface area contributed by atoms with Crippen LogP contribution in [-0.2, 0) is 6.54 Å². The van der Waals surface area contributed by atoms with Gasteiger partial charge in [-0.05, 0) is 49.6 Å². The highest BCUT2D eigenvalue weighted by Gasteiger charge is 2.48. The van der Waals surface area contributed by atoms with Crippen LogP contribution in [0.25, 0.3) is 0 Å². The molecule has 25 heavy (non-hydrogen) atoms. The summed E-state index contributed by atoms with van der Waals surface area (Å²) in [5.74, 6) is 0.726. The van der Waals surface area contributed by atoms with E-state index in [0.717, 1.165) is 37.6 Å². The fraction of sp³-hybridized carbons (Fsp3) is 0.526. The molecule has 2 fully saturated rings. The molecule has 0 bridgehead atoms. The predicted octanol–water partition coefficient (Wildman–Crippen LogP) is 2.62. The number of rotatable bonds is 3. The Labute approximate surface area is 147 Å². The number of piperidine rings is 1. The van der Waals surface area contributed by atoms with Gasteiger partial charge in [-0.3, -0.25) is 9.88 Å². The maximum absolute atomic E-state index is 14.9. The van der Waals surface area contributed by atoms with Crippen molar-refractivity contribution in [2.75, 3.05) is 31.1 Å². The van der Waals surface area contributed by atoms with Gasteiger partial charge in [0.2, 0.25) is 5.95 Å². The first-order valence-corrected chi connectivity index (χ1v) is 8.94. The lowest BCUT2D eigenvalue weighted by atomic mass is 9.77. The minimum atomic E-state index is -0.753. The Balaban J connectivity index is 1.47. The Morgan fingerprint density at radius 1 is 1.16 bits per heavy atom. The van der Waals surface area contributed by atoms with E-state index in [1.165, 1.54) is 5.56 Å². The third kappa shape index (κ3) is 3.35. The van der Waals surface area contributed by atoms with E-state index >= 15 is 0 Å². The normalized spacial score (nSPS) is 27.1. The zero-order valence-electron chi connectivity index (χ0n) is 14.6. The molecule has 0 radical (unpaired) electrons. The molecule has 0 aromatic carbocycles. The zero-order valence-corrected chi connectivity index (χ0v) is 14.6. The van der Waals surface area contributed by atoms with Gasteiger partial charge < -0.3 is 4.90 Å². The third-order valence-electron chi connectivity index (χ3n) is 5.49. The Morgan fingerprint density at radius 3 is 2.68 bits per heavy atom. The van der Waals surface area contributed by atoms with E-state index in [0.29, 0.717) is 19.5 Å². The molecule has 1 spiro atoms. The second kappa shape index (κ2) is 6.67. The summed E-state index contributed by atoms with van der Waals surface area (Å²) in [5.41, 5.74) is 1.97. The summed E-state index contributed by atoms with van der Waals surface area (Å²) in [6, 6.07) is 4.07. The first kappa shape index (κ1) is 16.4. The molecule has 0 saturated carbocycles. The number of anilines is 1. The first-order chi connectivity index (χ1) is 12.1. The average Bonchev–Trinajstić information content (AvgIpc) is 3.02. The molecular weight excluding hydrogens is 317 g/mol. The summed E-state index contributed by atoms with van der Waals surface area (Å²) >= 11 is 0. The highest BCUT2D eigenvalue weighted by atomic mass is 19.1. The Morgan fingerprint density at radius 2 is 1.92 bits per heavy atom. The molecule has 4 rings (SSSR count). The molecule has 2 aromatic rings. The molecule has 132 valence electrons. The maximum atomic E-state index is 14.9. The SMILES string of the molecule is Cc1cnc(N2CCC(F)C3(CCN(Cc4ccncc4)C3)C2)nc1. The number of pyridine rings is 1. The predicted molar refractivity (Wildman–Crippen MR) is 95.1 cm³/mol. The van der Waals surface area contributed by atoms with Crippen molar-refractivity contribution in [2.24, 2.45) is 5.41 Å². The van der Waals surface area contributed by atoms with Crippen LogP contribution in [0.5, 0.6) is 0 Å². The van der Waals surface area contributed by atoms with E-state index in [1.807, 2.05) is 43.8 Å². The zero-order chi connectivity index (χ0) is 17.3. The van der Waals surface area contributed by atoms with Crippen LogP contribution in [0, 0.1) is 12.3 Å². The lowest BCUT2D eigenvalue weighted by Gasteiger charge is -2.42. The summed E-state index contributed by atoms with van der Waals surface area (Å²) < 4.78 is 14.9. The summed E-state index contributed by atoms with van der Waals surface area (Å²) in [6.07, 6.45) is 7.99. The summed E-state index contributed by atoms with van der Waals surface area (Å²) in [7, 11) is 0. The number of aryl methyl sites for hydroxylation is 1. The van der Waals surface area contributed by atoms with Crippen molar-refractivity contribution in [1.29, 1.82) is 0 Å². The maximum Gasteiger partial charge on any atom is 0.225 e. The van der Waals surface area contributed by atoms with E-state index in [-0.39, 0.29) is 5.41 Å². The third-order valence-corrected chi connectivity index (χ3v) is 5.49. The van der Waals surface area contributed by atoms with Crippen molar-refractivity contribution in [2.45, 2.75) is 32.5 Å². The lowest BCUT2D eigenvalue weighted by Crippen LogP contribution is -2.52. The van der Waals surface area contributed by atoms with Crippen molar-refractivity contribution < 1.29 is 4.39 Å². The first-order valence-electron chi connectivity index (χ1n) is 8.94. The fourth-order valence-corrected chi connectivity index (χ4v) is 4.10. The van der Waals surface area contributed by atoms with Gasteiger partial charge >= 0.3 is 0 Å². The largest absolute Gasteiger partial charge is 0.340 e. The molecule has 2 aliphatic heterocycles. The van der Waals surface area contributed by atoms with Crippen LogP contribution in [-0.4, -0.2) is 52.2 Å². The molecular formula is C19H24FN5. The van der Waals surface area contributed by atoms with Crippen molar-refractivity contribution in [3.63, 3.8) is 0 Å². The minimum Gasteiger partial charge on any atom is -0.340 e. The standard InChI is InChI=1S/C19H24FN5/c1-15-10-22-18(23-11-15)25-8-4-17(20)19(14-25)5-9-24(13-19)12-16-2-6-21-7-3-16/h2-3,6-7,10-11,17H,4-5,8-9,12-14H2,1H3. The van der Waals surface area contributed by atoms with Crippen molar-refractivity contribution in [3.8, 4) is 0 Å². The molecule has 0 N–H and O–H groups in total. The van der Waals surface area contributed by atoms with Gasteiger partial charge in [-0.15, -0.1) is 0 Å². The monoisotopic (exact) mass is 341 g/mol. The molecule has 2 atom stereocenters. The average molecular weight is 341 g/mol. The van der Waals surface area contributed by atoms with Gasteiger partial charge in [0.15, 0.2) is 0 Å². The van der Waals surface area contributed by atoms with Crippen LogP contribution in [0.4, 0.5) is 10.3 Å². The topological polar surface area (TPSA) is 45.2 Å². The Kier molecular flexibility index (Phi) is 4.37. The number of hydrogen-bond acceptors (Lipinski definition) is 5. The minimum absolute atomic E-state index is 0.306. The number of alkyl halides is 1. The molecule has 0 amide bonds. The highest BCUT2D eigenvalue weighted by Crippen LogP contribution is 2.42. The van der Waals surface area contributed by atoms with E-state index < -0.39 is 6.17 Å². The Bertz CT molecular complexity index is 708. The summed E-state index contributed by atoms with van der Waals surface area (Å²) in [4.78, 5) is 17.5. The van der Waals surface area contributed by atoms with Crippen LogP contribution in [0.15, 0.2) is 36.9 Å². The second-order valence-electron chi connectivity index (χ2n) is 7.42. The van der Waals surface area contributed by atoms with E-state index in [4.69, 9.17) is 0 Å². The summed E-state index contributed by atoms with van der Waals surface area (Å²) in [5, 5.41) is 0. The van der Waals surface area contributed by atoms with Gasteiger partial charge in [0.25, 0.3) is 0 Å². The van der Waals surface area contributed by atoms with Crippen LogP contribution in [0.3, 0.4) is 0 Å². The number of nitrogens with zero attached hydrogens (tertiary/aromatic N) is 5. The highest BCUT2D eigenvalue weighted by molar-refractivity contribution is 5.32. The van der Waals surface area contributed by atoms with E-state index in [1.54, 1.807) is 0 Å². The van der Waals surface area contributed by atoms with Crippen LogP contribution in [0.1, 0.15) is 24.0 Å². The van der Waals surface area contributed by atoms with Gasteiger partial charge in [-0.1, -0.05) is 0 Å². The molecule has 4 heterocycles. The fourth-order valence-electron chi connectivity index (χ4n) is 4.10. The Hall–Kier alpha value is -2.08. The number of likely N-dealkylation sites (tertiary alicyclic amines) is 1. The van der Waals surface area contributed by atoms with Gasteiger partial charge in [-0.25, -0.2) is 14.4 Å². The van der Waals surface area contributed by atoms with Crippen LogP contribution >= 0.6 is 0 Å². The molecule has 0 aliphatic carbocycles. The van der Waals surface area contributed by atoms with Crippen molar-refractivity contribution in [3.05, 3.63) is 48.0 Å². The van der Waals surface area contributed by atoms with Gasteiger partial charge in [0.05, 0.1) is 0 Å². The van der Waals surface area contributed by atoms with Gasteiger partial charge in [-0.2, -0.15) is 0 Å². The van der Waals surface area contributed by atoms with E-state index in [9.17, 15) is 4.39 Å². The second-order valence-corrected chi connectivity index (χ2v) is 7.42.